The number of carbonyl (C=O) groups excluding carboxylic acids is 1. The Labute approximate surface area is 101 Å². The van der Waals surface area contributed by atoms with Crippen LogP contribution in [0.5, 0.6) is 5.75 Å². The summed E-state index contributed by atoms with van der Waals surface area (Å²) in [6.45, 7) is 2.54. The number of rotatable bonds is 2. The van der Waals surface area contributed by atoms with Gasteiger partial charge in [0.25, 0.3) is 0 Å². The van der Waals surface area contributed by atoms with E-state index in [1.807, 2.05) is 0 Å². The third kappa shape index (κ3) is 2.69. The summed E-state index contributed by atoms with van der Waals surface area (Å²) in [5.74, 6) is 0.0739. The van der Waals surface area contributed by atoms with E-state index in [1.165, 1.54) is 13.5 Å². The molecular weight excluding hydrogens is 312 g/mol. The molecule has 4 heteroatoms. The predicted octanol–water partition coefficient (Wildman–Crippen LogP) is 3.78. The highest BCUT2D eigenvalue weighted by Crippen LogP contribution is 2.35. The first-order valence-corrected chi connectivity index (χ1v) is 5.35. The molecule has 0 saturated carbocycles. The lowest BCUT2D eigenvalue weighted by atomic mass is 10.2. The predicted molar refractivity (Wildman–Crippen MR) is 63.2 cm³/mol. The fourth-order valence-electron chi connectivity index (χ4n) is 0.917. The van der Waals surface area contributed by atoms with E-state index >= 15 is 0 Å². The van der Waals surface area contributed by atoms with Crippen LogP contribution in [0.15, 0.2) is 27.6 Å². The van der Waals surface area contributed by atoms with E-state index in [9.17, 15) is 4.79 Å². The van der Waals surface area contributed by atoms with Gasteiger partial charge in [-0.3, -0.25) is 4.79 Å². The molecule has 2 nitrogen and oxygen atoms in total. The molecule has 0 aliphatic heterocycles. The van der Waals surface area contributed by atoms with Crippen molar-refractivity contribution in [2.24, 2.45) is 0 Å². The molecule has 0 atom stereocenters. The Hall–Kier alpha value is -0.610. The number of hydrogen-bond donors (Lipinski definition) is 0. The quantitative estimate of drug-likeness (QED) is 0.612. The lowest BCUT2D eigenvalue weighted by molar-refractivity contribution is -0.131. The van der Waals surface area contributed by atoms with Gasteiger partial charge in [0.05, 0.1) is 10.3 Å². The van der Waals surface area contributed by atoms with Gasteiger partial charge in [-0.1, -0.05) is 12.6 Å². The molecule has 0 amide bonds. The Bertz CT molecular complexity index is 393. The molecule has 0 fully saturated rings. The van der Waals surface area contributed by atoms with E-state index in [0.717, 1.165) is 5.56 Å². The maximum Gasteiger partial charge on any atom is 0.308 e. The summed E-state index contributed by atoms with van der Waals surface area (Å²) in [6.07, 6.45) is 1.63. The summed E-state index contributed by atoms with van der Waals surface area (Å²) >= 11 is 6.59. The Balaban J connectivity index is 3.14. The Kier molecular flexibility index (Phi) is 3.37. The monoisotopic (exact) mass is 319 g/mol. The van der Waals surface area contributed by atoms with Gasteiger partial charge in [-0.05, 0) is 49.6 Å². The van der Waals surface area contributed by atoms with Gasteiger partial charge in [-0.15, -0.1) is 0 Å². The Morgan fingerprint density at radius 3 is 2.57 bits per heavy atom. The zero-order valence-corrected chi connectivity index (χ0v) is 10.6. The van der Waals surface area contributed by atoms with Crippen molar-refractivity contribution in [1.29, 1.82) is 0 Å². The first-order valence-electron chi connectivity index (χ1n) is 4.34. The van der Waals surface area contributed by atoms with Crippen LogP contribution in [-0.4, -0.2) is 5.97 Å². The molecule has 0 heterocycles. The third-order valence-electron chi connectivity index (χ3n) is 1.46. The molecule has 0 N–H and O–H groups in total. The van der Waals surface area contributed by atoms with Crippen LogP contribution in [0.25, 0.3) is 6.08 Å². The summed E-state index contributed by atoms with van der Waals surface area (Å²) in [7, 11) is 0. The third-order valence-corrected chi connectivity index (χ3v) is 2.64. The molecular formula is C10H8Br2O2. The molecule has 1 aromatic carbocycles. The minimum Gasteiger partial charge on any atom is -0.424 e. The molecule has 0 aliphatic rings. The topological polar surface area (TPSA) is 26.3 Å². The molecule has 0 saturated heterocycles. The van der Waals surface area contributed by atoms with Crippen molar-refractivity contribution in [3.63, 3.8) is 0 Å². The average Bonchev–Trinajstić information content (AvgIpc) is 2.11. The first-order chi connectivity index (χ1) is 7.04. The lowest BCUT2D eigenvalue weighted by Gasteiger charge is -2.07. The van der Waals surface area contributed by atoms with Crippen molar-refractivity contribution in [3.8, 4) is 5.75 Å². The van der Waals surface area contributed by atoms with Crippen LogP contribution in [0.4, 0.5) is 0 Å². The molecule has 1 rings (SSSR count). The summed E-state index contributed by atoms with van der Waals surface area (Å²) in [5, 5.41) is 0. The second kappa shape index (κ2) is 4.75. The van der Waals surface area contributed by atoms with Crippen LogP contribution >= 0.6 is 31.9 Å². The van der Waals surface area contributed by atoms with Gasteiger partial charge < -0.3 is 4.74 Å². The van der Waals surface area contributed by atoms with Crippen LogP contribution in [0.3, 0.4) is 0 Å². The highest BCUT2D eigenvalue weighted by atomic mass is 79.9. The highest BCUT2D eigenvalue weighted by molar-refractivity contribution is 9.11. The summed E-state index contributed by atoms with van der Waals surface area (Å²) in [4.78, 5) is 10.8. The van der Waals surface area contributed by atoms with Gasteiger partial charge in [0.1, 0.15) is 0 Å². The van der Waals surface area contributed by atoms with E-state index in [2.05, 4.69) is 31.9 Å². The largest absolute Gasteiger partial charge is 0.424 e. The standard InChI is InChI=1S/C10H8Br2O2/c1-3-7-4-8(11)10(9(12)5-7)14-6(2)13/h3-5H,1H2,2H3/i1D. The molecule has 0 spiro atoms. The van der Waals surface area contributed by atoms with Crippen molar-refractivity contribution in [3.05, 3.63) is 33.2 Å². The number of ether oxygens (including phenoxy) is 1. The molecule has 0 aliphatic carbocycles. The van der Waals surface area contributed by atoms with Gasteiger partial charge in [0.15, 0.2) is 5.75 Å². The first kappa shape index (κ1) is 9.93. The van der Waals surface area contributed by atoms with E-state index in [4.69, 9.17) is 6.11 Å². The van der Waals surface area contributed by atoms with Crippen molar-refractivity contribution >= 4 is 43.9 Å². The van der Waals surface area contributed by atoms with Crippen molar-refractivity contribution in [2.45, 2.75) is 6.92 Å². The number of esters is 1. The molecule has 14 heavy (non-hydrogen) atoms. The second-order valence-electron chi connectivity index (χ2n) is 2.57. The number of hydrogen-bond acceptors (Lipinski definition) is 2. The minimum atomic E-state index is -0.375. The molecule has 0 unspecified atom stereocenters. The van der Waals surface area contributed by atoms with Crippen molar-refractivity contribution < 1.29 is 10.9 Å². The van der Waals surface area contributed by atoms with Crippen LogP contribution in [0, 0.1) is 0 Å². The zero-order valence-electron chi connectivity index (χ0n) is 8.38. The van der Waals surface area contributed by atoms with E-state index in [-0.39, 0.29) is 5.97 Å². The Morgan fingerprint density at radius 1 is 1.57 bits per heavy atom. The van der Waals surface area contributed by atoms with Crippen LogP contribution in [0.2, 0.25) is 0 Å². The molecule has 74 valence electrons. The second-order valence-corrected chi connectivity index (χ2v) is 4.28. The van der Waals surface area contributed by atoms with E-state index < -0.39 is 0 Å². The number of carbonyl (C=O) groups is 1. The van der Waals surface area contributed by atoms with Crippen LogP contribution < -0.4 is 4.74 Å². The van der Waals surface area contributed by atoms with Gasteiger partial charge in [-0.2, -0.15) is 0 Å². The average molecular weight is 321 g/mol. The van der Waals surface area contributed by atoms with Crippen molar-refractivity contribution in [1.82, 2.24) is 0 Å². The molecule has 0 radical (unpaired) electrons. The minimum absolute atomic E-state index is 0.375. The van der Waals surface area contributed by atoms with E-state index in [1.54, 1.807) is 18.2 Å². The fourth-order valence-corrected chi connectivity index (χ4v) is 2.30. The zero-order chi connectivity index (χ0) is 11.4. The molecule has 0 aromatic heterocycles. The summed E-state index contributed by atoms with van der Waals surface area (Å²) < 4.78 is 13.3. The lowest BCUT2D eigenvalue weighted by Crippen LogP contribution is -2.02. The van der Waals surface area contributed by atoms with Crippen LogP contribution in [0.1, 0.15) is 13.9 Å². The number of halogens is 2. The van der Waals surface area contributed by atoms with Crippen LogP contribution in [-0.2, 0) is 4.79 Å². The van der Waals surface area contributed by atoms with Gasteiger partial charge in [0.2, 0.25) is 0 Å². The highest BCUT2D eigenvalue weighted by Gasteiger charge is 2.09. The normalized spacial score (nSPS) is 11.5. The summed E-state index contributed by atoms with van der Waals surface area (Å²) in [5.41, 5.74) is 0.847. The van der Waals surface area contributed by atoms with Gasteiger partial charge in [0, 0.05) is 6.92 Å². The van der Waals surface area contributed by atoms with Crippen molar-refractivity contribution in [2.75, 3.05) is 0 Å². The van der Waals surface area contributed by atoms with Gasteiger partial charge >= 0.3 is 5.97 Å². The number of benzene rings is 1. The molecule has 1 aromatic rings. The molecule has 0 bridgehead atoms. The maximum absolute atomic E-state index is 10.8. The fraction of sp³-hybridized carbons (Fsp3) is 0.100. The maximum atomic E-state index is 10.8. The van der Waals surface area contributed by atoms with Gasteiger partial charge in [-0.25, -0.2) is 0 Å². The summed E-state index contributed by atoms with van der Waals surface area (Å²) in [6, 6.07) is 3.54. The SMILES string of the molecule is [2H]C=Cc1cc(Br)c(OC(C)=O)c(Br)c1. The van der Waals surface area contributed by atoms with E-state index in [0.29, 0.717) is 14.7 Å². The Morgan fingerprint density at radius 2 is 2.14 bits per heavy atom. The smallest absolute Gasteiger partial charge is 0.308 e.